The van der Waals surface area contributed by atoms with Crippen LogP contribution in [0.4, 0.5) is 0 Å². The van der Waals surface area contributed by atoms with Crippen LogP contribution in [-0.2, 0) is 24.8 Å². The minimum Gasteiger partial charge on any atom is -0.354 e. The predicted octanol–water partition coefficient (Wildman–Crippen LogP) is 3.36. The second kappa shape index (κ2) is 8.92. The molecule has 0 unspecified atom stereocenters. The molecule has 1 amide bonds. The highest BCUT2D eigenvalue weighted by Gasteiger charge is 2.18. The summed E-state index contributed by atoms with van der Waals surface area (Å²) in [5.41, 5.74) is 3.74. The van der Waals surface area contributed by atoms with Crippen LogP contribution in [0.5, 0.6) is 0 Å². The van der Waals surface area contributed by atoms with Crippen LogP contribution < -0.4 is 5.32 Å². The maximum absolute atomic E-state index is 12.2. The normalized spacial score (nSPS) is 10.9. The van der Waals surface area contributed by atoms with Crippen molar-refractivity contribution < 1.29 is 4.79 Å². The van der Waals surface area contributed by atoms with Crippen molar-refractivity contribution in [3.8, 4) is 22.6 Å². The molecule has 30 heavy (non-hydrogen) atoms. The lowest BCUT2D eigenvalue weighted by Crippen LogP contribution is -2.29. The van der Waals surface area contributed by atoms with Gasteiger partial charge in [-0.05, 0) is 29.3 Å². The quantitative estimate of drug-likeness (QED) is 0.497. The van der Waals surface area contributed by atoms with Crippen LogP contribution in [0.25, 0.3) is 22.6 Å². The Morgan fingerprint density at radius 3 is 2.67 bits per heavy atom. The number of hydrogen-bond acceptors (Lipinski definition) is 4. The summed E-state index contributed by atoms with van der Waals surface area (Å²) in [5.74, 6) is 0.755. The number of nitrogens with one attached hydrogen (secondary N) is 1. The topological polar surface area (TPSA) is 77.6 Å². The van der Waals surface area contributed by atoms with E-state index in [2.05, 4.69) is 20.4 Å². The molecule has 0 fully saturated rings. The summed E-state index contributed by atoms with van der Waals surface area (Å²) < 4.78 is 3.82. The van der Waals surface area contributed by atoms with Crippen LogP contribution in [0, 0.1) is 0 Å². The van der Waals surface area contributed by atoms with Crippen molar-refractivity contribution in [2.75, 3.05) is 6.54 Å². The van der Waals surface area contributed by atoms with E-state index in [1.165, 1.54) is 0 Å². The summed E-state index contributed by atoms with van der Waals surface area (Å²) >= 11 is 6.04. The zero-order valence-corrected chi connectivity index (χ0v) is 17.3. The standard InChI is InChI=1S/C22H21ClN6O/c1-28-11-9-26-22(28)21-19(17-4-6-18(23)7-5-17)15-27-29(21)12-10-25-20(30)13-16-3-2-8-24-14-16/h2-9,11,14-15H,10,12-13H2,1H3,(H,25,30). The van der Waals surface area contributed by atoms with Gasteiger partial charge in [-0.3, -0.25) is 14.5 Å². The molecule has 8 heteroatoms. The van der Waals surface area contributed by atoms with Gasteiger partial charge in [0.25, 0.3) is 0 Å². The highest BCUT2D eigenvalue weighted by molar-refractivity contribution is 6.30. The fraction of sp³-hybridized carbons (Fsp3) is 0.182. The highest BCUT2D eigenvalue weighted by Crippen LogP contribution is 2.31. The number of pyridine rings is 1. The maximum atomic E-state index is 12.2. The van der Waals surface area contributed by atoms with Crippen molar-refractivity contribution in [2.45, 2.75) is 13.0 Å². The zero-order valence-electron chi connectivity index (χ0n) is 16.5. The van der Waals surface area contributed by atoms with Crippen LogP contribution in [0.3, 0.4) is 0 Å². The molecular formula is C22H21ClN6O. The summed E-state index contributed by atoms with van der Waals surface area (Å²) in [5, 5.41) is 8.19. The van der Waals surface area contributed by atoms with Gasteiger partial charge in [0.05, 0.1) is 19.2 Å². The number of rotatable bonds is 7. The molecule has 1 aromatic carbocycles. The van der Waals surface area contributed by atoms with Crippen molar-refractivity contribution in [2.24, 2.45) is 7.05 Å². The second-order valence-electron chi connectivity index (χ2n) is 6.89. The van der Waals surface area contributed by atoms with E-state index in [0.29, 0.717) is 24.5 Å². The smallest absolute Gasteiger partial charge is 0.224 e. The minimum absolute atomic E-state index is 0.0494. The van der Waals surface area contributed by atoms with Gasteiger partial charge in [-0.15, -0.1) is 0 Å². The molecule has 0 atom stereocenters. The molecule has 4 aromatic rings. The van der Waals surface area contributed by atoms with Crippen molar-refractivity contribution >= 4 is 17.5 Å². The Hall–Kier alpha value is -3.45. The van der Waals surface area contributed by atoms with Crippen molar-refractivity contribution in [3.63, 3.8) is 0 Å². The molecule has 3 aromatic heterocycles. The highest BCUT2D eigenvalue weighted by atomic mass is 35.5. The van der Waals surface area contributed by atoms with Crippen molar-refractivity contribution in [3.05, 3.63) is 78.0 Å². The third-order valence-electron chi connectivity index (χ3n) is 4.76. The SMILES string of the molecule is Cn1ccnc1-c1c(-c2ccc(Cl)cc2)cnn1CCNC(=O)Cc1cccnc1. The largest absolute Gasteiger partial charge is 0.354 e. The molecule has 0 aliphatic rings. The monoisotopic (exact) mass is 420 g/mol. The summed E-state index contributed by atoms with van der Waals surface area (Å²) in [6.07, 6.45) is 9.17. The molecule has 0 saturated carbocycles. The van der Waals surface area contributed by atoms with E-state index in [9.17, 15) is 4.79 Å². The van der Waals surface area contributed by atoms with E-state index < -0.39 is 0 Å². The Kier molecular flexibility index (Phi) is 5.90. The molecule has 152 valence electrons. The average Bonchev–Trinajstić information content (AvgIpc) is 3.35. The van der Waals surface area contributed by atoms with E-state index in [0.717, 1.165) is 28.2 Å². The first-order chi connectivity index (χ1) is 14.6. The molecule has 0 bridgehead atoms. The van der Waals surface area contributed by atoms with Gasteiger partial charge in [0, 0.05) is 49.0 Å². The van der Waals surface area contributed by atoms with Gasteiger partial charge in [-0.25, -0.2) is 4.98 Å². The van der Waals surface area contributed by atoms with E-state index in [1.54, 1.807) is 18.6 Å². The van der Waals surface area contributed by atoms with Crippen molar-refractivity contribution in [1.82, 2.24) is 29.6 Å². The van der Waals surface area contributed by atoms with E-state index >= 15 is 0 Å². The number of carbonyl (C=O) groups is 1. The van der Waals surface area contributed by atoms with Crippen LogP contribution in [0.1, 0.15) is 5.56 Å². The van der Waals surface area contributed by atoms with Gasteiger partial charge in [-0.2, -0.15) is 5.10 Å². The van der Waals surface area contributed by atoms with Crippen molar-refractivity contribution in [1.29, 1.82) is 0 Å². The summed E-state index contributed by atoms with van der Waals surface area (Å²) in [6.45, 7) is 0.979. The lowest BCUT2D eigenvalue weighted by atomic mass is 10.1. The molecule has 1 N–H and O–H groups in total. The molecule has 0 radical (unpaired) electrons. The average molecular weight is 421 g/mol. The number of aryl methyl sites for hydroxylation is 1. The minimum atomic E-state index is -0.0494. The van der Waals surface area contributed by atoms with Gasteiger partial charge >= 0.3 is 0 Å². The summed E-state index contributed by atoms with van der Waals surface area (Å²) in [6, 6.07) is 11.4. The number of aromatic nitrogens is 5. The fourth-order valence-corrected chi connectivity index (χ4v) is 3.40. The lowest BCUT2D eigenvalue weighted by Gasteiger charge is -2.11. The summed E-state index contributed by atoms with van der Waals surface area (Å²) in [7, 11) is 1.95. The molecule has 0 aliphatic carbocycles. The molecule has 7 nitrogen and oxygen atoms in total. The predicted molar refractivity (Wildman–Crippen MR) is 116 cm³/mol. The number of hydrogen-bond donors (Lipinski definition) is 1. The number of halogens is 1. The maximum Gasteiger partial charge on any atom is 0.224 e. The molecular weight excluding hydrogens is 400 g/mol. The van der Waals surface area contributed by atoms with E-state index in [4.69, 9.17) is 11.6 Å². The Bertz CT molecular complexity index is 1130. The second-order valence-corrected chi connectivity index (χ2v) is 7.32. The van der Waals surface area contributed by atoms with Crippen LogP contribution in [0.2, 0.25) is 5.02 Å². The Morgan fingerprint density at radius 1 is 1.13 bits per heavy atom. The fourth-order valence-electron chi connectivity index (χ4n) is 3.28. The number of imidazole rings is 1. The first-order valence-electron chi connectivity index (χ1n) is 9.57. The van der Waals surface area contributed by atoms with E-state index in [1.807, 2.05) is 65.1 Å². The first-order valence-corrected chi connectivity index (χ1v) is 9.94. The van der Waals surface area contributed by atoms with Gasteiger partial charge in [0.1, 0.15) is 5.69 Å². The van der Waals surface area contributed by atoms with Gasteiger partial charge in [0.2, 0.25) is 5.91 Å². The van der Waals surface area contributed by atoms with Crippen LogP contribution in [0.15, 0.2) is 67.4 Å². The number of benzene rings is 1. The Labute approximate surface area is 179 Å². The van der Waals surface area contributed by atoms with Gasteiger partial charge in [-0.1, -0.05) is 29.8 Å². The van der Waals surface area contributed by atoms with Crippen LogP contribution in [-0.4, -0.2) is 36.8 Å². The van der Waals surface area contributed by atoms with Crippen LogP contribution >= 0.6 is 11.6 Å². The molecule has 0 spiro atoms. The molecule has 3 heterocycles. The zero-order chi connectivity index (χ0) is 20.9. The molecule has 0 aliphatic heterocycles. The number of amides is 1. The molecule has 0 saturated heterocycles. The Balaban J connectivity index is 1.52. The molecule has 4 rings (SSSR count). The Morgan fingerprint density at radius 2 is 1.97 bits per heavy atom. The van der Waals surface area contributed by atoms with Gasteiger partial charge in [0.15, 0.2) is 5.82 Å². The lowest BCUT2D eigenvalue weighted by molar-refractivity contribution is -0.120. The third kappa shape index (κ3) is 4.41. The first kappa shape index (κ1) is 19.8. The summed E-state index contributed by atoms with van der Waals surface area (Å²) in [4.78, 5) is 20.8. The third-order valence-corrected chi connectivity index (χ3v) is 5.01. The van der Waals surface area contributed by atoms with E-state index in [-0.39, 0.29) is 5.91 Å². The van der Waals surface area contributed by atoms with Gasteiger partial charge < -0.3 is 9.88 Å². The number of nitrogens with zero attached hydrogens (tertiary/aromatic N) is 5. The number of carbonyl (C=O) groups excluding carboxylic acids is 1.